The van der Waals surface area contributed by atoms with Crippen LogP contribution in [-0.2, 0) is 4.79 Å². The molecule has 9 heteroatoms. The van der Waals surface area contributed by atoms with Crippen LogP contribution in [-0.4, -0.2) is 31.1 Å². The number of hydrogen-bond acceptors (Lipinski definition) is 6. The molecule has 134 valence electrons. The van der Waals surface area contributed by atoms with Crippen LogP contribution in [0.4, 0.5) is 0 Å². The van der Waals surface area contributed by atoms with Gasteiger partial charge in [-0.1, -0.05) is 12.1 Å². The number of ether oxygens (including phenoxy) is 3. The minimum Gasteiger partial charge on any atom is -0.483 e. The molecule has 0 spiro atoms. The predicted molar refractivity (Wildman–Crippen MR) is 88.6 cm³/mol. The van der Waals surface area contributed by atoms with E-state index in [0.717, 1.165) is 0 Å². The predicted octanol–water partition coefficient (Wildman–Crippen LogP) is 0.354. The molecule has 0 bridgehead atoms. The van der Waals surface area contributed by atoms with Crippen molar-refractivity contribution in [2.45, 2.75) is 0 Å². The summed E-state index contributed by atoms with van der Waals surface area (Å²) < 4.78 is 15.6. The van der Waals surface area contributed by atoms with Gasteiger partial charge < -0.3 is 19.9 Å². The average Bonchev–Trinajstić information content (AvgIpc) is 3.12. The number of hydrogen-bond donors (Lipinski definition) is 3. The number of para-hydroxylation sites is 1. The second-order valence-electron chi connectivity index (χ2n) is 5.22. The molecule has 0 aromatic heterocycles. The van der Waals surface area contributed by atoms with Gasteiger partial charge in [-0.3, -0.25) is 25.2 Å². The van der Waals surface area contributed by atoms with Gasteiger partial charge in [0.1, 0.15) is 5.75 Å². The molecule has 0 saturated carbocycles. The normalized spacial score (nSPS) is 11.5. The quantitative estimate of drug-likeness (QED) is 0.663. The molecule has 0 fully saturated rings. The van der Waals surface area contributed by atoms with E-state index >= 15 is 0 Å². The molecule has 0 aliphatic carbocycles. The Morgan fingerprint density at radius 1 is 1.04 bits per heavy atom. The summed E-state index contributed by atoms with van der Waals surface area (Å²) in [4.78, 5) is 35.1. The highest BCUT2D eigenvalue weighted by molar-refractivity contribution is 5.96. The summed E-state index contributed by atoms with van der Waals surface area (Å²) in [7, 11) is 0. The zero-order chi connectivity index (χ0) is 18.5. The molecule has 0 atom stereocenters. The van der Waals surface area contributed by atoms with E-state index in [4.69, 9.17) is 19.9 Å². The van der Waals surface area contributed by atoms with Gasteiger partial charge in [0.25, 0.3) is 17.7 Å². The minimum absolute atomic E-state index is 0.0985. The van der Waals surface area contributed by atoms with Crippen molar-refractivity contribution in [3.8, 4) is 17.2 Å². The molecule has 3 amide bonds. The van der Waals surface area contributed by atoms with Crippen LogP contribution < -0.4 is 30.8 Å². The summed E-state index contributed by atoms with van der Waals surface area (Å²) in [5, 5.41) is 0. The Morgan fingerprint density at radius 3 is 2.62 bits per heavy atom. The molecule has 0 saturated heterocycles. The first-order valence-corrected chi connectivity index (χ1v) is 7.55. The highest BCUT2D eigenvalue weighted by atomic mass is 16.7. The monoisotopic (exact) mass is 357 g/mol. The lowest BCUT2D eigenvalue weighted by Gasteiger charge is -2.10. The Bertz CT molecular complexity index is 867. The first-order chi connectivity index (χ1) is 12.5. The van der Waals surface area contributed by atoms with Gasteiger partial charge in [-0.2, -0.15) is 0 Å². The summed E-state index contributed by atoms with van der Waals surface area (Å²) in [6, 6.07) is 10.9. The lowest BCUT2D eigenvalue weighted by atomic mass is 10.2. The second kappa shape index (κ2) is 7.43. The lowest BCUT2D eigenvalue weighted by Crippen LogP contribution is -2.43. The van der Waals surface area contributed by atoms with Crippen molar-refractivity contribution in [1.29, 1.82) is 0 Å². The zero-order valence-electron chi connectivity index (χ0n) is 13.5. The number of hydrazine groups is 1. The van der Waals surface area contributed by atoms with E-state index in [0.29, 0.717) is 11.5 Å². The number of carbonyl (C=O) groups is 3. The number of nitrogens with two attached hydrogens (primary N) is 1. The summed E-state index contributed by atoms with van der Waals surface area (Å²) >= 11 is 0. The summed E-state index contributed by atoms with van der Waals surface area (Å²) in [6.07, 6.45) is 0. The van der Waals surface area contributed by atoms with E-state index in [1.807, 2.05) is 0 Å². The van der Waals surface area contributed by atoms with E-state index in [1.165, 1.54) is 24.3 Å². The van der Waals surface area contributed by atoms with Gasteiger partial charge in [0, 0.05) is 5.56 Å². The molecule has 0 radical (unpaired) electrons. The standard InChI is InChI=1S/C17H15N3O6/c18-16(22)11-3-1-2-4-12(11)24-8-15(21)19-20-17(23)10-5-6-13-14(7-10)26-9-25-13/h1-7H,8-9H2,(H2,18,22)(H,19,21)(H,20,23). The molecule has 3 rings (SSSR count). The fourth-order valence-corrected chi connectivity index (χ4v) is 2.21. The maximum atomic E-state index is 12.0. The van der Waals surface area contributed by atoms with Gasteiger partial charge >= 0.3 is 0 Å². The van der Waals surface area contributed by atoms with E-state index in [-0.39, 0.29) is 23.7 Å². The molecule has 2 aromatic carbocycles. The average molecular weight is 357 g/mol. The number of fused-ring (bicyclic) bond motifs is 1. The summed E-state index contributed by atoms with van der Waals surface area (Å²) in [5.41, 5.74) is 10.1. The van der Waals surface area contributed by atoms with Crippen LogP contribution in [0.15, 0.2) is 42.5 Å². The molecule has 0 unspecified atom stereocenters. The number of nitrogens with one attached hydrogen (secondary N) is 2. The van der Waals surface area contributed by atoms with Gasteiger partial charge in [-0.25, -0.2) is 0 Å². The first-order valence-electron chi connectivity index (χ1n) is 7.55. The number of carbonyl (C=O) groups excluding carboxylic acids is 3. The van der Waals surface area contributed by atoms with Crippen LogP contribution >= 0.6 is 0 Å². The first kappa shape index (κ1) is 17.1. The van der Waals surface area contributed by atoms with Crippen LogP contribution in [0.25, 0.3) is 0 Å². The van der Waals surface area contributed by atoms with Gasteiger partial charge in [-0.05, 0) is 30.3 Å². The largest absolute Gasteiger partial charge is 0.483 e. The van der Waals surface area contributed by atoms with E-state index in [2.05, 4.69) is 10.9 Å². The molecule has 26 heavy (non-hydrogen) atoms. The van der Waals surface area contributed by atoms with Crippen LogP contribution in [0.1, 0.15) is 20.7 Å². The Hall–Kier alpha value is -3.75. The van der Waals surface area contributed by atoms with E-state index in [9.17, 15) is 14.4 Å². The molecule has 1 aliphatic rings. The summed E-state index contributed by atoms with van der Waals surface area (Å²) in [6.45, 7) is -0.313. The van der Waals surface area contributed by atoms with Crippen molar-refractivity contribution in [2.75, 3.05) is 13.4 Å². The SMILES string of the molecule is NC(=O)c1ccccc1OCC(=O)NNC(=O)c1ccc2c(c1)OCO2. The van der Waals surface area contributed by atoms with Gasteiger partial charge in [0.15, 0.2) is 18.1 Å². The van der Waals surface area contributed by atoms with Crippen molar-refractivity contribution < 1.29 is 28.6 Å². The molecule has 2 aromatic rings. The van der Waals surface area contributed by atoms with Crippen LogP contribution in [0.3, 0.4) is 0 Å². The third kappa shape index (κ3) is 3.83. The number of primary amides is 1. The molecule has 1 aliphatic heterocycles. The molecular weight excluding hydrogens is 342 g/mol. The van der Waals surface area contributed by atoms with Gasteiger partial charge in [0.2, 0.25) is 6.79 Å². The fourth-order valence-electron chi connectivity index (χ4n) is 2.21. The van der Waals surface area contributed by atoms with Crippen LogP contribution in [0, 0.1) is 0 Å². The highest BCUT2D eigenvalue weighted by Crippen LogP contribution is 2.32. The zero-order valence-corrected chi connectivity index (χ0v) is 13.5. The highest BCUT2D eigenvalue weighted by Gasteiger charge is 2.17. The number of rotatable bonds is 5. The van der Waals surface area contributed by atoms with Crippen LogP contribution in [0.5, 0.6) is 17.2 Å². The molecule has 4 N–H and O–H groups in total. The third-order valence-electron chi connectivity index (χ3n) is 3.46. The van der Waals surface area contributed by atoms with Crippen molar-refractivity contribution in [2.24, 2.45) is 5.73 Å². The number of amides is 3. The van der Waals surface area contributed by atoms with Crippen molar-refractivity contribution in [3.05, 3.63) is 53.6 Å². The van der Waals surface area contributed by atoms with E-state index in [1.54, 1.807) is 18.2 Å². The second-order valence-corrected chi connectivity index (χ2v) is 5.22. The molecular formula is C17H15N3O6. The lowest BCUT2D eigenvalue weighted by molar-refractivity contribution is -0.123. The van der Waals surface area contributed by atoms with Crippen molar-refractivity contribution >= 4 is 17.7 Å². The fraction of sp³-hybridized carbons (Fsp3) is 0.118. The van der Waals surface area contributed by atoms with Crippen molar-refractivity contribution in [3.63, 3.8) is 0 Å². The smallest absolute Gasteiger partial charge is 0.276 e. The number of benzene rings is 2. The maximum Gasteiger partial charge on any atom is 0.276 e. The Morgan fingerprint density at radius 2 is 1.81 bits per heavy atom. The third-order valence-corrected chi connectivity index (χ3v) is 3.46. The Kier molecular flexibility index (Phi) is 4.88. The molecule has 9 nitrogen and oxygen atoms in total. The maximum absolute atomic E-state index is 12.0. The van der Waals surface area contributed by atoms with E-state index < -0.39 is 24.3 Å². The molecule has 1 heterocycles. The topological polar surface area (TPSA) is 129 Å². The van der Waals surface area contributed by atoms with Crippen LogP contribution in [0.2, 0.25) is 0 Å². The minimum atomic E-state index is -0.669. The van der Waals surface area contributed by atoms with Gasteiger partial charge in [-0.15, -0.1) is 0 Å². The Labute approximate surface area is 148 Å². The van der Waals surface area contributed by atoms with Gasteiger partial charge in [0.05, 0.1) is 5.56 Å². The van der Waals surface area contributed by atoms with Crippen molar-refractivity contribution in [1.82, 2.24) is 10.9 Å². The summed E-state index contributed by atoms with van der Waals surface area (Å²) in [5.74, 6) is -0.635. The Balaban J connectivity index is 1.51.